The van der Waals surface area contributed by atoms with E-state index in [4.69, 9.17) is 0 Å². The van der Waals surface area contributed by atoms with Crippen LogP contribution in [0.2, 0.25) is 0 Å². The molecule has 1 unspecified atom stereocenters. The van der Waals surface area contributed by atoms with Crippen molar-refractivity contribution in [3.8, 4) is 0 Å². The number of hydrogen-bond donors (Lipinski definition) is 0. The Morgan fingerprint density at radius 1 is 0.750 bits per heavy atom. The van der Waals surface area contributed by atoms with Gasteiger partial charge in [-0.1, -0.05) is 27.7 Å². The Bertz CT molecular complexity index is 244. The van der Waals surface area contributed by atoms with E-state index in [0.717, 1.165) is 6.04 Å². The second-order valence-electron chi connectivity index (χ2n) is 5.95. The average molecular weight is 284 g/mol. The van der Waals surface area contributed by atoms with Crippen LogP contribution in [0.15, 0.2) is 0 Å². The number of hydrogen-bond acceptors (Lipinski definition) is 4. The molecule has 0 aromatic rings. The molecule has 0 radical (unpaired) electrons. The van der Waals surface area contributed by atoms with Gasteiger partial charge >= 0.3 is 0 Å². The lowest BCUT2D eigenvalue weighted by Gasteiger charge is -2.24. The summed E-state index contributed by atoms with van der Waals surface area (Å²) in [4.78, 5) is 9.99. The molecular weight excluding hydrogens is 248 g/mol. The summed E-state index contributed by atoms with van der Waals surface area (Å²) in [6, 6.07) is 0.768. The van der Waals surface area contributed by atoms with Gasteiger partial charge in [-0.3, -0.25) is 19.6 Å². The van der Waals surface area contributed by atoms with Crippen LogP contribution in [0.4, 0.5) is 0 Å². The number of nitrogens with zero attached hydrogens (tertiary/aromatic N) is 4. The van der Waals surface area contributed by atoms with Crippen molar-refractivity contribution in [2.45, 2.75) is 53.8 Å². The van der Waals surface area contributed by atoms with Crippen LogP contribution in [0.25, 0.3) is 0 Å². The number of rotatable bonds is 4. The molecule has 0 aromatic carbocycles. The highest BCUT2D eigenvalue weighted by molar-refractivity contribution is 4.77. The van der Waals surface area contributed by atoms with Gasteiger partial charge < -0.3 is 0 Å². The van der Waals surface area contributed by atoms with Crippen LogP contribution in [0.3, 0.4) is 0 Å². The van der Waals surface area contributed by atoms with Crippen LogP contribution in [-0.4, -0.2) is 84.3 Å². The fourth-order valence-corrected chi connectivity index (χ4v) is 3.29. The molecule has 2 aliphatic heterocycles. The van der Waals surface area contributed by atoms with E-state index in [1.807, 2.05) is 0 Å². The van der Waals surface area contributed by atoms with Crippen molar-refractivity contribution in [2.24, 2.45) is 0 Å². The minimum atomic E-state index is 0.676. The van der Waals surface area contributed by atoms with Gasteiger partial charge in [0.15, 0.2) is 0 Å². The largest absolute Gasteiger partial charge is 0.289 e. The average Bonchev–Trinajstić information content (AvgIpc) is 3.01. The van der Waals surface area contributed by atoms with Crippen molar-refractivity contribution in [2.75, 3.05) is 52.5 Å². The van der Waals surface area contributed by atoms with E-state index in [2.05, 4.69) is 61.1 Å². The fourth-order valence-electron chi connectivity index (χ4n) is 3.29. The van der Waals surface area contributed by atoms with Gasteiger partial charge in [-0.15, -0.1) is 0 Å². The van der Waals surface area contributed by atoms with E-state index in [1.165, 1.54) is 52.5 Å². The number of likely N-dealkylation sites (N-methyl/N-ethyl adjacent to an activating group) is 4. The lowest BCUT2D eigenvalue weighted by molar-refractivity contribution is 0.165. The highest BCUT2D eigenvalue weighted by Gasteiger charge is 2.25. The predicted octanol–water partition coefficient (Wildman–Crippen LogP) is 1.98. The third kappa shape index (κ3) is 4.69. The first kappa shape index (κ1) is 17.9. The Morgan fingerprint density at radius 2 is 1.25 bits per heavy atom. The minimum absolute atomic E-state index is 0.676. The minimum Gasteiger partial charge on any atom is -0.289 e. The van der Waals surface area contributed by atoms with Crippen molar-refractivity contribution >= 4 is 0 Å². The van der Waals surface area contributed by atoms with Crippen LogP contribution in [0.5, 0.6) is 0 Å². The quantitative estimate of drug-likeness (QED) is 0.782. The zero-order valence-electron chi connectivity index (χ0n) is 14.6. The van der Waals surface area contributed by atoms with Gasteiger partial charge in [0.05, 0.1) is 12.8 Å². The lowest BCUT2D eigenvalue weighted by Crippen LogP contribution is -2.35. The Balaban J connectivity index is 0.000000200. The van der Waals surface area contributed by atoms with Crippen molar-refractivity contribution in [1.29, 1.82) is 0 Å². The molecule has 2 rings (SSSR count). The van der Waals surface area contributed by atoms with Crippen LogP contribution in [0, 0.1) is 0 Å². The highest BCUT2D eigenvalue weighted by Crippen LogP contribution is 2.12. The molecule has 20 heavy (non-hydrogen) atoms. The van der Waals surface area contributed by atoms with Gasteiger partial charge in [0.1, 0.15) is 0 Å². The second-order valence-corrected chi connectivity index (χ2v) is 5.95. The summed E-state index contributed by atoms with van der Waals surface area (Å²) in [7, 11) is 0. The molecule has 1 atom stereocenters. The molecule has 0 amide bonds. The van der Waals surface area contributed by atoms with Gasteiger partial charge in [0.25, 0.3) is 0 Å². The van der Waals surface area contributed by atoms with Crippen molar-refractivity contribution < 1.29 is 0 Å². The summed E-state index contributed by atoms with van der Waals surface area (Å²) in [6.07, 6.45) is 0.676. The maximum atomic E-state index is 2.50. The molecule has 0 aromatic heterocycles. The summed E-state index contributed by atoms with van der Waals surface area (Å²) < 4.78 is 0. The second kappa shape index (κ2) is 8.98. The molecule has 120 valence electrons. The monoisotopic (exact) mass is 284 g/mol. The molecular formula is C16H36N4. The summed E-state index contributed by atoms with van der Waals surface area (Å²) >= 11 is 0. The standard InChI is InChI=1S/2C8H18N2/c1-4-9-6-8(3)10(5-2)7-9;1-4-9-6-7-10(5-2)8(9)3/h2*8H,4-7H2,1-3H3. The molecule has 2 heterocycles. The van der Waals surface area contributed by atoms with E-state index in [0.29, 0.717) is 6.17 Å². The van der Waals surface area contributed by atoms with Crippen LogP contribution in [0.1, 0.15) is 41.5 Å². The summed E-state index contributed by atoms with van der Waals surface area (Å²) in [5.41, 5.74) is 0. The molecule has 4 heteroatoms. The van der Waals surface area contributed by atoms with Gasteiger partial charge in [-0.2, -0.15) is 0 Å². The Hall–Kier alpha value is -0.160. The van der Waals surface area contributed by atoms with Crippen molar-refractivity contribution in [3.05, 3.63) is 0 Å². The Labute approximate surface area is 126 Å². The van der Waals surface area contributed by atoms with Crippen LogP contribution < -0.4 is 0 Å². The SMILES string of the molecule is CCN1CC(C)N(CC)C1.CCN1CCN(CC)C1C. The third-order valence-corrected chi connectivity index (χ3v) is 4.92. The molecule has 0 saturated carbocycles. The van der Waals surface area contributed by atoms with Crippen LogP contribution >= 0.6 is 0 Å². The maximum absolute atomic E-state index is 2.50. The summed E-state index contributed by atoms with van der Waals surface area (Å²) in [5, 5.41) is 0. The predicted molar refractivity (Wildman–Crippen MR) is 87.9 cm³/mol. The van der Waals surface area contributed by atoms with E-state index in [-0.39, 0.29) is 0 Å². The summed E-state index contributed by atoms with van der Waals surface area (Å²) in [6.45, 7) is 23.2. The molecule has 2 fully saturated rings. The molecule has 0 aliphatic carbocycles. The molecule has 0 bridgehead atoms. The smallest absolute Gasteiger partial charge is 0.0594 e. The first-order valence-electron chi connectivity index (χ1n) is 8.51. The van der Waals surface area contributed by atoms with E-state index >= 15 is 0 Å². The molecule has 0 spiro atoms. The third-order valence-electron chi connectivity index (χ3n) is 4.92. The fraction of sp³-hybridized carbons (Fsp3) is 1.00. The molecule has 0 N–H and O–H groups in total. The van der Waals surface area contributed by atoms with E-state index < -0.39 is 0 Å². The van der Waals surface area contributed by atoms with Gasteiger partial charge in [0.2, 0.25) is 0 Å². The van der Waals surface area contributed by atoms with E-state index in [1.54, 1.807) is 0 Å². The lowest BCUT2D eigenvalue weighted by atomic mass is 10.3. The maximum Gasteiger partial charge on any atom is 0.0594 e. The van der Waals surface area contributed by atoms with Crippen LogP contribution in [-0.2, 0) is 0 Å². The van der Waals surface area contributed by atoms with E-state index in [9.17, 15) is 0 Å². The first-order valence-corrected chi connectivity index (χ1v) is 8.51. The van der Waals surface area contributed by atoms with Gasteiger partial charge in [-0.25, -0.2) is 0 Å². The Kier molecular flexibility index (Phi) is 8.03. The van der Waals surface area contributed by atoms with Crippen molar-refractivity contribution in [1.82, 2.24) is 19.6 Å². The van der Waals surface area contributed by atoms with Crippen molar-refractivity contribution in [3.63, 3.8) is 0 Å². The summed E-state index contributed by atoms with van der Waals surface area (Å²) in [5.74, 6) is 0. The highest BCUT2D eigenvalue weighted by atomic mass is 15.4. The molecule has 4 nitrogen and oxygen atoms in total. The zero-order valence-corrected chi connectivity index (χ0v) is 14.6. The molecule has 2 saturated heterocycles. The normalized spacial score (nSPS) is 27.0. The topological polar surface area (TPSA) is 13.0 Å². The van der Waals surface area contributed by atoms with Gasteiger partial charge in [-0.05, 0) is 40.0 Å². The van der Waals surface area contributed by atoms with Gasteiger partial charge in [0, 0.05) is 25.7 Å². The zero-order chi connectivity index (χ0) is 15.1. The first-order chi connectivity index (χ1) is 9.57. The molecule has 2 aliphatic rings. The Morgan fingerprint density at radius 3 is 1.50 bits per heavy atom.